The SMILES string of the molecule is CCCCOc1ccc2ccccc2c1[C@@H]1N(C(C)=O)c2ccccc2-c2c(=O)[nH]c(SC)n[n+]21. The lowest BCUT2D eigenvalue weighted by Crippen LogP contribution is -2.60. The minimum atomic E-state index is -0.701. The molecule has 8 heteroatoms. The van der Waals surface area contributed by atoms with Gasteiger partial charge >= 0.3 is 11.3 Å². The number of carbonyl (C=O) groups is 1. The lowest BCUT2D eigenvalue weighted by atomic mass is 9.96. The number of fused-ring (bicyclic) bond motifs is 4. The topological polar surface area (TPSA) is 79.2 Å². The molecule has 1 N–H and O–H groups in total. The number of aromatic amines is 1. The Labute approximate surface area is 207 Å². The van der Waals surface area contributed by atoms with Gasteiger partial charge in [-0.2, -0.15) is 0 Å². The van der Waals surface area contributed by atoms with E-state index >= 15 is 0 Å². The van der Waals surface area contributed by atoms with E-state index < -0.39 is 6.17 Å². The standard InChI is InChI=1S/C27H26N4O3S/c1-4-5-16-34-22-15-14-18-10-6-7-11-19(18)23(22)26-30(17(2)32)21-13-9-8-12-20(21)24-25(33)28-27(35-3)29-31(24)26/h6-15,26H,4-5,16H2,1-3H3/p+1/t26-/m1/s1. The molecule has 3 aromatic carbocycles. The number of amides is 1. The summed E-state index contributed by atoms with van der Waals surface area (Å²) in [6.07, 6.45) is 3.07. The Bertz CT molecular complexity index is 1480. The summed E-state index contributed by atoms with van der Waals surface area (Å²) in [5, 5.41) is 7.24. The molecule has 0 saturated heterocycles. The molecule has 1 aromatic heterocycles. The molecule has 35 heavy (non-hydrogen) atoms. The average Bonchev–Trinajstić information content (AvgIpc) is 2.87. The minimum absolute atomic E-state index is 0.152. The van der Waals surface area contributed by atoms with Crippen LogP contribution in [0.15, 0.2) is 70.6 Å². The van der Waals surface area contributed by atoms with E-state index in [4.69, 9.17) is 9.84 Å². The number of benzene rings is 3. The van der Waals surface area contributed by atoms with Gasteiger partial charge in [0.2, 0.25) is 11.1 Å². The number of aromatic nitrogens is 3. The van der Waals surface area contributed by atoms with Crippen LogP contribution in [0.5, 0.6) is 5.75 Å². The van der Waals surface area contributed by atoms with Crippen molar-refractivity contribution in [1.29, 1.82) is 0 Å². The third kappa shape index (κ3) is 3.97. The molecule has 2 heterocycles. The Morgan fingerprint density at radius 2 is 1.91 bits per heavy atom. The Morgan fingerprint density at radius 3 is 2.69 bits per heavy atom. The van der Waals surface area contributed by atoms with Crippen molar-refractivity contribution in [3.63, 3.8) is 0 Å². The number of H-pyrrole nitrogens is 1. The maximum absolute atomic E-state index is 13.4. The van der Waals surface area contributed by atoms with Crippen LogP contribution in [0.2, 0.25) is 0 Å². The number of rotatable bonds is 6. The number of ether oxygens (including phenoxy) is 1. The molecule has 0 aliphatic carbocycles. The summed E-state index contributed by atoms with van der Waals surface area (Å²) >= 11 is 1.35. The molecule has 0 radical (unpaired) electrons. The molecule has 1 atom stereocenters. The zero-order valence-corrected chi connectivity index (χ0v) is 20.8. The zero-order chi connectivity index (χ0) is 24.5. The predicted octanol–water partition coefficient (Wildman–Crippen LogP) is 4.69. The van der Waals surface area contributed by atoms with Crippen molar-refractivity contribution in [2.24, 2.45) is 0 Å². The number of unbranched alkanes of at least 4 members (excludes halogenated alkanes) is 1. The Hall–Kier alpha value is -3.65. The Balaban J connectivity index is 1.88. The van der Waals surface area contributed by atoms with E-state index in [0.29, 0.717) is 34.5 Å². The van der Waals surface area contributed by atoms with Crippen molar-refractivity contribution >= 4 is 34.1 Å². The van der Waals surface area contributed by atoms with Crippen molar-refractivity contribution in [3.8, 4) is 17.0 Å². The van der Waals surface area contributed by atoms with Gasteiger partial charge in [0.05, 0.1) is 23.4 Å². The van der Waals surface area contributed by atoms with Crippen molar-refractivity contribution in [2.45, 2.75) is 38.0 Å². The van der Waals surface area contributed by atoms with E-state index in [-0.39, 0.29) is 11.5 Å². The molecule has 4 aromatic rings. The first-order valence-electron chi connectivity index (χ1n) is 11.7. The quantitative estimate of drug-likeness (QED) is 0.242. The highest BCUT2D eigenvalue weighted by Gasteiger charge is 2.46. The van der Waals surface area contributed by atoms with Crippen molar-refractivity contribution < 1.29 is 14.2 Å². The van der Waals surface area contributed by atoms with Crippen LogP contribution in [-0.2, 0) is 4.79 Å². The number of hydrogen-bond acceptors (Lipinski definition) is 5. The van der Waals surface area contributed by atoms with Crippen molar-refractivity contribution in [1.82, 2.24) is 10.1 Å². The van der Waals surface area contributed by atoms with Crippen LogP contribution < -0.4 is 19.9 Å². The first-order chi connectivity index (χ1) is 17.0. The summed E-state index contributed by atoms with van der Waals surface area (Å²) in [6.45, 7) is 4.22. The van der Waals surface area contributed by atoms with E-state index in [0.717, 1.165) is 29.2 Å². The lowest BCUT2D eigenvalue weighted by Gasteiger charge is -2.32. The molecule has 0 unspecified atom stereocenters. The van der Waals surface area contributed by atoms with E-state index in [9.17, 15) is 9.59 Å². The second-order valence-electron chi connectivity index (χ2n) is 8.44. The monoisotopic (exact) mass is 487 g/mol. The van der Waals surface area contributed by atoms with Gasteiger partial charge < -0.3 is 4.74 Å². The van der Waals surface area contributed by atoms with Gasteiger partial charge in [-0.25, -0.2) is 4.90 Å². The van der Waals surface area contributed by atoms with Gasteiger partial charge in [0, 0.05) is 12.0 Å². The molecule has 0 bridgehead atoms. The fraction of sp³-hybridized carbons (Fsp3) is 0.259. The highest BCUT2D eigenvalue weighted by molar-refractivity contribution is 7.98. The van der Waals surface area contributed by atoms with Crippen LogP contribution in [-0.4, -0.2) is 28.9 Å². The van der Waals surface area contributed by atoms with Gasteiger partial charge in [0.15, 0.2) is 0 Å². The average molecular weight is 488 g/mol. The lowest BCUT2D eigenvalue weighted by molar-refractivity contribution is -0.763. The number of hydrogen-bond donors (Lipinski definition) is 1. The third-order valence-electron chi connectivity index (χ3n) is 6.24. The Morgan fingerprint density at radius 1 is 1.14 bits per heavy atom. The van der Waals surface area contributed by atoms with E-state index in [2.05, 4.69) is 11.9 Å². The van der Waals surface area contributed by atoms with Crippen LogP contribution in [0.25, 0.3) is 22.0 Å². The second kappa shape index (κ2) is 9.54. The number of nitrogens with one attached hydrogen (secondary N) is 1. The van der Waals surface area contributed by atoms with Crippen LogP contribution in [0.3, 0.4) is 0 Å². The summed E-state index contributed by atoms with van der Waals surface area (Å²) in [4.78, 5) is 31.2. The van der Waals surface area contributed by atoms with Gasteiger partial charge in [-0.15, -0.1) is 0 Å². The fourth-order valence-corrected chi connectivity index (χ4v) is 5.02. The van der Waals surface area contributed by atoms with Crippen LogP contribution in [0, 0.1) is 0 Å². The molecule has 0 spiro atoms. The predicted molar refractivity (Wildman–Crippen MR) is 138 cm³/mol. The van der Waals surface area contributed by atoms with E-state index in [1.165, 1.54) is 11.8 Å². The second-order valence-corrected chi connectivity index (χ2v) is 9.23. The molecule has 1 aliphatic rings. The van der Waals surface area contributed by atoms with Crippen molar-refractivity contribution in [2.75, 3.05) is 17.8 Å². The fourth-order valence-electron chi connectivity index (χ4n) is 4.66. The summed E-state index contributed by atoms with van der Waals surface area (Å²) in [7, 11) is 0. The molecule has 0 saturated carbocycles. The van der Waals surface area contributed by atoms with Gasteiger partial charge in [0.25, 0.3) is 6.17 Å². The summed E-state index contributed by atoms with van der Waals surface area (Å²) in [5.74, 6) is 0.528. The Kier molecular flexibility index (Phi) is 6.30. The molecule has 5 rings (SSSR count). The van der Waals surface area contributed by atoms with E-state index in [1.807, 2.05) is 66.9 Å². The molecular weight excluding hydrogens is 460 g/mol. The number of carbonyl (C=O) groups excluding carboxylic acids is 1. The first kappa shape index (κ1) is 23.1. The van der Waals surface area contributed by atoms with Gasteiger partial charge in [-0.1, -0.05) is 67.6 Å². The molecule has 178 valence electrons. The maximum atomic E-state index is 13.4. The smallest absolute Gasteiger partial charge is 0.325 e. The molecule has 1 amide bonds. The zero-order valence-electron chi connectivity index (χ0n) is 19.9. The normalized spacial score (nSPS) is 14.5. The number of nitrogens with zero attached hydrogens (tertiary/aromatic N) is 3. The van der Waals surface area contributed by atoms with Crippen LogP contribution in [0.1, 0.15) is 38.4 Å². The summed E-state index contributed by atoms with van der Waals surface area (Å²) in [5.41, 5.74) is 2.29. The van der Waals surface area contributed by atoms with Gasteiger partial charge in [0.1, 0.15) is 5.75 Å². The largest absolute Gasteiger partial charge is 0.493 e. The van der Waals surface area contributed by atoms with Crippen LogP contribution >= 0.6 is 11.8 Å². The van der Waals surface area contributed by atoms with E-state index in [1.54, 1.807) is 16.5 Å². The maximum Gasteiger partial charge on any atom is 0.325 e. The number of thioether (sulfide) groups is 1. The molecular formula is C27H27N4O3S+. The van der Waals surface area contributed by atoms with Gasteiger partial charge in [-0.3, -0.25) is 14.6 Å². The van der Waals surface area contributed by atoms with Gasteiger partial charge in [-0.05, 0) is 46.3 Å². The number of para-hydroxylation sites is 1. The highest BCUT2D eigenvalue weighted by atomic mass is 32.2. The highest BCUT2D eigenvalue weighted by Crippen LogP contribution is 2.42. The number of anilines is 1. The minimum Gasteiger partial charge on any atom is -0.493 e. The summed E-state index contributed by atoms with van der Waals surface area (Å²) < 4.78 is 7.97. The van der Waals surface area contributed by atoms with Crippen LogP contribution in [0.4, 0.5) is 5.69 Å². The summed E-state index contributed by atoms with van der Waals surface area (Å²) in [6, 6.07) is 19.5. The first-order valence-corrected chi connectivity index (χ1v) is 12.9. The third-order valence-corrected chi connectivity index (χ3v) is 6.81. The molecule has 1 aliphatic heterocycles. The molecule has 0 fully saturated rings. The molecule has 7 nitrogen and oxygen atoms in total. The van der Waals surface area contributed by atoms with Crippen molar-refractivity contribution in [3.05, 3.63) is 76.6 Å².